The van der Waals surface area contributed by atoms with Crippen LogP contribution in [0.5, 0.6) is 0 Å². The van der Waals surface area contributed by atoms with Gasteiger partial charge in [-0.05, 0) is 37.1 Å². The summed E-state index contributed by atoms with van der Waals surface area (Å²) in [5.41, 5.74) is 0.897. The van der Waals surface area contributed by atoms with Gasteiger partial charge < -0.3 is 9.64 Å². The molecule has 0 fully saturated rings. The minimum atomic E-state index is -3.90. The van der Waals surface area contributed by atoms with E-state index in [9.17, 15) is 13.2 Å². The molecule has 1 aromatic carbocycles. The monoisotopic (exact) mass is 333 g/mol. The van der Waals surface area contributed by atoms with Crippen molar-refractivity contribution in [2.24, 2.45) is 0 Å². The summed E-state index contributed by atoms with van der Waals surface area (Å²) in [5, 5.41) is 0. The summed E-state index contributed by atoms with van der Waals surface area (Å²) < 4.78 is 28.1. The molecule has 7 heteroatoms. The van der Waals surface area contributed by atoms with E-state index >= 15 is 0 Å². The number of nitrogens with zero attached hydrogens (tertiary/aromatic N) is 1. The largest absolute Gasteiger partial charge is 0.380 e. The van der Waals surface area contributed by atoms with Crippen LogP contribution in [0.15, 0.2) is 23.1 Å². The molecule has 1 aromatic rings. The molecule has 0 aromatic heterocycles. The SMILES string of the molecule is CCCN(CC)C(=O)c1cc(COC)cc(S(=O)(=O)Cl)c1. The van der Waals surface area contributed by atoms with E-state index in [0.717, 1.165) is 6.42 Å². The standard InChI is InChI=1S/C14H20ClNO4S/c1-4-6-16(5-2)14(17)12-7-11(10-20-3)8-13(9-12)21(15,18)19/h7-9H,4-6,10H2,1-3H3. The Bertz CT molecular complexity index is 601. The van der Waals surface area contributed by atoms with Crippen LogP contribution in [0.3, 0.4) is 0 Å². The number of ether oxygens (including phenoxy) is 1. The van der Waals surface area contributed by atoms with Crippen LogP contribution < -0.4 is 0 Å². The predicted octanol–water partition coefficient (Wildman–Crippen LogP) is 2.63. The van der Waals surface area contributed by atoms with E-state index in [2.05, 4.69) is 0 Å². The average Bonchev–Trinajstić information content (AvgIpc) is 2.43. The van der Waals surface area contributed by atoms with Gasteiger partial charge in [-0.15, -0.1) is 0 Å². The lowest BCUT2D eigenvalue weighted by Crippen LogP contribution is -2.31. The number of halogens is 1. The summed E-state index contributed by atoms with van der Waals surface area (Å²) in [4.78, 5) is 14.0. The number of rotatable bonds is 7. The molecule has 0 unspecified atom stereocenters. The highest BCUT2D eigenvalue weighted by atomic mass is 35.7. The van der Waals surface area contributed by atoms with Crippen molar-refractivity contribution in [2.75, 3.05) is 20.2 Å². The van der Waals surface area contributed by atoms with Gasteiger partial charge in [0.25, 0.3) is 15.0 Å². The summed E-state index contributed by atoms with van der Waals surface area (Å²) in [6.07, 6.45) is 0.831. The van der Waals surface area contributed by atoms with Gasteiger partial charge in [-0.3, -0.25) is 4.79 Å². The highest BCUT2D eigenvalue weighted by molar-refractivity contribution is 8.13. The van der Waals surface area contributed by atoms with Crippen LogP contribution in [-0.4, -0.2) is 39.4 Å². The molecular formula is C14H20ClNO4S. The minimum Gasteiger partial charge on any atom is -0.380 e. The van der Waals surface area contributed by atoms with E-state index in [-0.39, 0.29) is 17.4 Å². The Balaban J connectivity index is 3.27. The summed E-state index contributed by atoms with van der Waals surface area (Å²) in [5.74, 6) is -0.209. The zero-order chi connectivity index (χ0) is 16.0. The third-order valence-corrected chi connectivity index (χ3v) is 4.30. The average molecular weight is 334 g/mol. The first-order valence-corrected chi connectivity index (χ1v) is 9.01. The lowest BCUT2D eigenvalue weighted by atomic mass is 10.1. The molecule has 0 bridgehead atoms. The Kier molecular flexibility index (Phi) is 6.64. The van der Waals surface area contributed by atoms with Gasteiger partial charge >= 0.3 is 0 Å². The Labute approximate surface area is 130 Å². The van der Waals surface area contributed by atoms with Gasteiger partial charge in [-0.25, -0.2) is 8.42 Å². The van der Waals surface area contributed by atoms with Crippen LogP contribution in [0.1, 0.15) is 36.2 Å². The zero-order valence-corrected chi connectivity index (χ0v) is 14.0. The molecule has 1 amide bonds. The molecule has 0 N–H and O–H groups in total. The highest BCUT2D eigenvalue weighted by Gasteiger charge is 2.19. The molecule has 5 nitrogen and oxygen atoms in total. The number of hydrogen-bond acceptors (Lipinski definition) is 4. The quantitative estimate of drug-likeness (QED) is 0.719. The summed E-state index contributed by atoms with van der Waals surface area (Å²) in [6.45, 7) is 5.25. The van der Waals surface area contributed by atoms with Crippen molar-refractivity contribution in [1.29, 1.82) is 0 Å². The van der Waals surface area contributed by atoms with E-state index in [1.54, 1.807) is 11.0 Å². The van der Waals surface area contributed by atoms with Crippen LogP contribution in [0.2, 0.25) is 0 Å². The molecule has 0 radical (unpaired) electrons. The van der Waals surface area contributed by atoms with Gasteiger partial charge in [0.05, 0.1) is 11.5 Å². The van der Waals surface area contributed by atoms with E-state index in [0.29, 0.717) is 24.2 Å². The van der Waals surface area contributed by atoms with Gasteiger partial charge in [-0.1, -0.05) is 6.92 Å². The van der Waals surface area contributed by atoms with Crippen molar-refractivity contribution in [3.05, 3.63) is 29.3 Å². The van der Waals surface area contributed by atoms with E-state index in [1.165, 1.54) is 19.2 Å². The number of carbonyl (C=O) groups is 1. The van der Waals surface area contributed by atoms with E-state index in [4.69, 9.17) is 15.4 Å². The van der Waals surface area contributed by atoms with Crippen molar-refractivity contribution >= 4 is 25.6 Å². The maximum Gasteiger partial charge on any atom is 0.261 e. The molecular weight excluding hydrogens is 314 g/mol. The van der Waals surface area contributed by atoms with Gasteiger partial charge in [-0.2, -0.15) is 0 Å². The Morgan fingerprint density at radius 1 is 1.29 bits per heavy atom. The van der Waals surface area contributed by atoms with Crippen molar-refractivity contribution in [2.45, 2.75) is 31.8 Å². The Morgan fingerprint density at radius 2 is 1.95 bits per heavy atom. The zero-order valence-electron chi connectivity index (χ0n) is 12.4. The summed E-state index contributed by atoms with van der Waals surface area (Å²) >= 11 is 0. The Morgan fingerprint density at radius 3 is 2.43 bits per heavy atom. The molecule has 0 saturated carbocycles. The molecule has 0 aliphatic rings. The minimum absolute atomic E-state index is 0.0883. The second kappa shape index (κ2) is 7.77. The molecule has 0 spiro atoms. The topological polar surface area (TPSA) is 63.7 Å². The second-order valence-corrected chi connectivity index (χ2v) is 7.19. The van der Waals surface area contributed by atoms with E-state index in [1.807, 2.05) is 13.8 Å². The third kappa shape index (κ3) is 4.98. The van der Waals surface area contributed by atoms with Gasteiger partial charge in [0.15, 0.2) is 0 Å². The fraction of sp³-hybridized carbons (Fsp3) is 0.500. The summed E-state index contributed by atoms with van der Waals surface area (Å²) in [7, 11) is 2.99. The van der Waals surface area contributed by atoms with Crippen LogP contribution in [0, 0.1) is 0 Å². The molecule has 1 rings (SSSR count). The first kappa shape index (κ1) is 17.9. The fourth-order valence-electron chi connectivity index (χ4n) is 2.03. The highest BCUT2D eigenvalue weighted by Crippen LogP contribution is 2.21. The normalized spacial score (nSPS) is 11.4. The number of benzene rings is 1. The Hall–Kier alpha value is -1.11. The lowest BCUT2D eigenvalue weighted by Gasteiger charge is -2.20. The van der Waals surface area contributed by atoms with Crippen molar-refractivity contribution in [1.82, 2.24) is 4.90 Å². The molecule has 21 heavy (non-hydrogen) atoms. The molecule has 0 saturated heterocycles. The number of hydrogen-bond donors (Lipinski definition) is 0. The van der Waals surface area contributed by atoms with Gasteiger partial charge in [0.2, 0.25) is 0 Å². The van der Waals surface area contributed by atoms with Crippen molar-refractivity contribution in [3.8, 4) is 0 Å². The second-order valence-electron chi connectivity index (χ2n) is 4.62. The smallest absolute Gasteiger partial charge is 0.261 e. The first-order chi connectivity index (χ1) is 9.83. The fourth-order valence-corrected chi connectivity index (χ4v) is 2.86. The molecule has 0 atom stereocenters. The number of carbonyl (C=O) groups excluding carboxylic acids is 1. The van der Waals surface area contributed by atoms with Crippen molar-refractivity contribution in [3.63, 3.8) is 0 Å². The predicted molar refractivity (Wildman–Crippen MR) is 82.1 cm³/mol. The van der Waals surface area contributed by atoms with Crippen LogP contribution in [-0.2, 0) is 20.4 Å². The van der Waals surface area contributed by atoms with Crippen LogP contribution >= 0.6 is 10.7 Å². The lowest BCUT2D eigenvalue weighted by molar-refractivity contribution is 0.0764. The van der Waals surface area contributed by atoms with Gasteiger partial charge in [0, 0.05) is 36.4 Å². The molecule has 118 valence electrons. The summed E-state index contributed by atoms with van der Waals surface area (Å²) in [6, 6.07) is 4.36. The molecule has 0 aliphatic carbocycles. The van der Waals surface area contributed by atoms with Crippen LogP contribution in [0.25, 0.3) is 0 Å². The number of amides is 1. The third-order valence-electron chi connectivity index (χ3n) is 2.97. The first-order valence-electron chi connectivity index (χ1n) is 6.70. The number of methoxy groups -OCH3 is 1. The molecule has 0 heterocycles. The maximum atomic E-state index is 12.4. The van der Waals surface area contributed by atoms with Gasteiger partial charge in [0.1, 0.15) is 0 Å². The van der Waals surface area contributed by atoms with E-state index < -0.39 is 9.05 Å². The maximum absolute atomic E-state index is 12.4. The van der Waals surface area contributed by atoms with Crippen molar-refractivity contribution < 1.29 is 17.9 Å². The van der Waals surface area contributed by atoms with Crippen LogP contribution in [0.4, 0.5) is 0 Å². The molecule has 0 aliphatic heterocycles.